The molecule has 0 aliphatic rings. The van der Waals surface area contributed by atoms with Gasteiger partial charge in [-0.15, -0.1) is 0 Å². The van der Waals surface area contributed by atoms with Crippen LogP contribution in [-0.2, 0) is 19.1 Å². The number of rotatable bonds is 8. The first kappa shape index (κ1) is 23.0. The van der Waals surface area contributed by atoms with Crippen molar-refractivity contribution >= 4 is 39.6 Å². The highest BCUT2D eigenvalue weighted by atomic mass is 79.9. The first-order chi connectivity index (χ1) is 12.6. The number of anilines is 1. The lowest BCUT2D eigenvalue weighted by Crippen LogP contribution is -2.39. The lowest BCUT2D eigenvalue weighted by atomic mass is 10.0. The zero-order valence-corrected chi connectivity index (χ0v) is 17.7. The van der Waals surface area contributed by atoms with E-state index in [1.807, 2.05) is 6.92 Å². The van der Waals surface area contributed by atoms with Crippen molar-refractivity contribution in [2.45, 2.75) is 46.1 Å². The van der Waals surface area contributed by atoms with Crippen LogP contribution in [0.2, 0.25) is 0 Å². The Labute approximate surface area is 168 Å². The molecule has 1 aromatic carbocycles. The summed E-state index contributed by atoms with van der Waals surface area (Å²) in [6.07, 6.45) is 0.631. The fourth-order valence-electron chi connectivity index (χ4n) is 2.18. The second kappa shape index (κ2) is 10.9. The average molecular weight is 443 g/mol. The Morgan fingerprint density at radius 1 is 1.15 bits per heavy atom. The third-order valence-corrected chi connectivity index (χ3v) is 3.87. The summed E-state index contributed by atoms with van der Waals surface area (Å²) >= 11 is 3.31. The van der Waals surface area contributed by atoms with Crippen molar-refractivity contribution in [1.82, 2.24) is 5.32 Å². The molecule has 150 valence electrons. The molecule has 1 rings (SSSR count). The van der Waals surface area contributed by atoms with Crippen molar-refractivity contribution in [2.24, 2.45) is 5.92 Å². The van der Waals surface area contributed by atoms with Crippen molar-refractivity contribution in [1.29, 1.82) is 0 Å². The van der Waals surface area contributed by atoms with E-state index in [1.54, 1.807) is 45.0 Å². The van der Waals surface area contributed by atoms with Gasteiger partial charge in [-0.25, -0.2) is 4.79 Å². The van der Waals surface area contributed by atoms with E-state index in [1.165, 1.54) is 0 Å². The molecule has 27 heavy (non-hydrogen) atoms. The van der Waals surface area contributed by atoms with Gasteiger partial charge in [-0.05, 0) is 51.5 Å². The van der Waals surface area contributed by atoms with Crippen LogP contribution in [0.15, 0.2) is 28.7 Å². The van der Waals surface area contributed by atoms with E-state index >= 15 is 0 Å². The van der Waals surface area contributed by atoms with Crippen molar-refractivity contribution < 1.29 is 23.9 Å². The first-order valence-electron chi connectivity index (χ1n) is 8.79. The Kier molecular flexibility index (Phi) is 9.28. The monoisotopic (exact) mass is 442 g/mol. The molecule has 0 fully saturated rings. The summed E-state index contributed by atoms with van der Waals surface area (Å²) in [7, 11) is 0. The van der Waals surface area contributed by atoms with Crippen molar-refractivity contribution in [2.75, 3.05) is 18.5 Å². The minimum absolute atomic E-state index is 0.0731. The van der Waals surface area contributed by atoms with Crippen molar-refractivity contribution in [3.8, 4) is 0 Å². The zero-order chi connectivity index (χ0) is 20.4. The van der Waals surface area contributed by atoms with Crippen LogP contribution in [0.4, 0.5) is 10.5 Å². The van der Waals surface area contributed by atoms with Gasteiger partial charge in [0.15, 0.2) is 0 Å². The van der Waals surface area contributed by atoms with Gasteiger partial charge in [0.1, 0.15) is 18.8 Å². The number of halogens is 1. The maximum atomic E-state index is 12.3. The van der Waals surface area contributed by atoms with Gasteiger partial charge in [-0.3, -0.25) is 14.9 Å². The molecule has 7 nitrogen and oxygen atoms in total. The Balaban J connectivity index is 2.47. The largest absolute Gasteiger partial charge is 0.459 e. The zero-order valence-electron chi connectivity index (χ0n) is 16.1. The van der Waals surface area contributed by atoms with Crippen LogP contribution in [0.3, 0.4) is 0 Å². The number of esters is 1. The minimum atomic E-state index is -0.640. The van der Waals surface area contributed by atoms with Crippen molar-refractivity contribution in [3.63, 3.8) is 0 Å². The highest BCUT2D eigenvalue weighted by molar-refractivity contribution is 9.10. The van der Waals surface area contributed by atoms with Gasteiger partial charge in [0, 0.05) is 10.2 Å². The summed E-state index contributed by atoms with van der Waals surface area (Å²) < 4.78 is 11.2. The van der Waals surface area contributed by atoms with E-state index in [0.717, 1.165) is 10.9 Å². The van der Waals surface area contributed by atoms with E-state index in [4.69, 9.17) is 9.47 Å². The van der Waals surface area contributed by atoms with Crippen LogP contribution in [0.5, 0.6) is 0 Å². The smallest absolute Gasteiger partial charge is 0.411 e. The highest BCUT2D eigenvalue weighted by Gasteiger charge is 2.22. The normalized spacial score (nSPS) is 12.0. The second-order valence-electron chi connectivity index (χ2n) is 7.02. The molecular formula is C19H27BrN2O5. The molecule has 0 aliphatic carbocycles. The predicted molar refractivity (Wildman–Crippen MR) is 106 cm³/mol. The van der Waals surface area contributed by atoms with Gasteiger partial charge in [-0.1, -0.05) is 29.3 Å². The fraction of sp³-hybridized carbons (Fsp3) is 0.526. The summed E-state index contributed by atoms with van der Waals surface area (Å²) in [6.45, 7) is 6.90. The van der Waals surface area contributed by atoms with Gasteiger partial charge in [0.05, 0.1) is 5.92 Å². The average Bonchev–Trinajstić information content (AvgIpc) is 2.57. The van der Waals surface area contributed by atoms with E-state index in [2.05, 4.69) is 26.6 Å². The number of carbonyl (C=O) groups excluding carboxylic acids is 3. The Hall–Kier alpha value is -2.09. The van der Waals surface area contributed by atoms with Gasteiger partial charge in [0.25, 0.3) is 0 Å². The number of ether oxygens (including phenoxy) is 2. The third kappa shape index (κ3) is 9.98. The number of nitrogens with one attached hydrogen (secondary N) is 2. The summed E-state index contributed by atoms with van der Waals surface area (Å²) in [5.41, 5.74) is -0.0246. The second-order valence-corrected chi connectivity index (χ2v) is 7.94. The van der Waals surface area contributed by atoms with Crippen LogP contribution in [-0.4, -0.2) is 36.7 Å². The Bertz CT molecular complexity index is 640. The van der Waals surface area contributed by atoms with Crippen molar-refractivity contribution in [3.05, 3.63) is 28.7 Å². The molecule has 0 spiro atoms. The quantitative estimate of drug-likeness (QED) is 0.595. The highest BCUT2D eigenvalue weighted by Crippen LogP contribution is 2.15. The number of benzene rings is 1. The van der Waals surface area contributed by atoms with E-state index in [0.29, 0.717) is 12.1 Å². The van der Waals surface area contributed by atoms with Gasteiger partial charge in [0.2, 0.25) is 5.91 Å². The molecule has 0 bridgehead atoms. The Morgan fingerprint density at radius 2 is 1.78 bits per heavy atom. The van der Waals surface area contributed by atoms with E-state index in [-0.39, 0.29) is 19.1 Å². The summed E-state index contributed by atoms with van der Waals surface area (Å²) in [5.74, 6) is -1.40. The number of hydrogen-bond acceptors (Lipinski definition) is 5. The third-order valence-electron chi connectivity index (χ3n) is 3.34. The van der Waals surface area contributed by atoms with Crippen LogP contribution < -0.4 is 10.6 Å². The van der Waals surface area contributed by atoms with E-state index in [9.17, 15) is 14.4 Å². The lowest BCUT2D eigenvalue weighted by Gasteiger charge is -2.20. The standard InChI is InChI=1S/C19H27BrN2O5/c1-5-6-13(17(24)21-11-16(23)27-19(2,3)4)12-26-18(25)22-15-9-7-14(20)8-10-15/h7-10,13H,5-6,11-12H2,1-4H3,(H,21,24)(H,22,25)/t13-/m0/s1. The molecule has 0 aliphatic heterocycles. The topological polar surface area (TPSA) is 93.7 Å². The molecule has 0 saturated carbocycles. The molecule has 1 aromatic rings. The van der Waals surface area contributed by atoms with E-state index < -0.39 is 23.6 Å². The van der Waals surface area contributed by atoms with Gasteiger partial charge in [-0.2, -0.15) is 0 Å². The molecule has 8 heteroatoms. The number of hydrogen-bond donors (Lipinski definition) is 2. The lowest BCUT2D eigenvalue weighted by molar-refractivity contribution is -0.154. The van der Waals surface area contributed by atoms with Gasteiger partial charge >= 0.3 is 12.1 Å². The number of amides is 2. The predicted octanol–water partition coefficient (Wildman–Crippen LogP) is 3.87. The minimum Gasteiger partial charge on any atom is -0.459 e. The molecule has 0 saturated heterocycles. The number of carbonyl (C=O) groups is 3. The molecule has 0 unspecified atom stereocenters. The molecule has 0 aromatic heterocycles. The van der Waals surface area contributed by atoms with Crippen LogP contribution >= 0.6 is 15.9 Å². The summed E-state index contributed by atoms with van der Waals surface area (Å²) in [4.78, 5) is 35.9. The van der Waals surface area contributed by atoms with Gasteiger partial charge < -0.3 is 14.8 Å². The van der Waals surface area contributed by atoms with Crippen LogP contribution in [0.1, 0.15) is 40.5 Å². The first-order valence-corrected chi connectivity index (χ1v) is 9.59. The van der Waals surface area contributed by atoms with Crippen LogP contribution in [0.25, 0.3) is 0 Å². The fourth-order valence-corrected chi connectivity index (χ4v) is 2.45. The maximum Gasteiger partial charge on any atom is 0.411 e. The summed E-state index contributed by atoms with van der Waals surface area (Å²) in [6, 6.07) is 7.03. The molecule has 2 N–H and O–H groups in total. The maximum absolute atomic E-state index is 12.3. The molecular weight excluding hydrogens is 416 g/mol. The van der Waals surface area contributed by atoms with Crippen LogP contribution in [0, 0.1) is 5.92 Å². The molecule has 0 heterocycles. The molecule has 1 atom stereocenters. The molecule has 0 radical (unpaired) electrons. The summed E-state index contributed by atoms with van der Waals surface area (Å²) in [5, 5.41) is 5.13. The molecule has 2 amide bonds. The SMILES string of the molecule is CCC[C@@H](COC(=O)Nc1ccc(Br)cc1)C(=O)NCC(=O)OC(C)(C)C. The Morgan fingerprint density at radius 3 is 2.33 bits per heavy atom.